The van der Waals surface area contributed by atoms with E-state index in [-0.39, 0.29) is 0 Å². The van der Waals surface area contributed by atoms with Crippen molar-refractivity contribution in [1.82, 2.24) is 19.5 Å². The molecular weight excluding hydrogens is 825 g/mol. The van der Waals surface area contributed by atoms with Crippen molar-refractivity contribution in [2.75, 3.05) is 0 Å². The van der Waals surface area contributed by atoms with E-state index in [9.17, 15) is 0 Å². The molecule has 3 heterocycles. The van der Waals surface area contributed by atoms with Crippen LogP contribution in [0.4, 0.5) is 0 Å². The molecule has 0 unspecified atom stereocenters. The summed E-state index contributed by atoms with van der Waals surface area (Å²) >= 11 is 0. The van der Waals surface area contributed by atoms with Crippen LogP contribution < -0.4 is 0 Å². The molecule has 4 nitrogen and oxygen atoms in total. The second-order valence-electron chi connectivity index (χ2n) is 17.9. The molecule has 1 aliphatic carbocycles. The molecule has 0 fully saturated rings. The summed E-state index contributed by atoms with van der Waals surface area (Å²) in [6.45, 7) is 0. The number of aromatic nitrogens is 4. The predicted octanol–water partition coefficient (Wildman–Crippen LogP) is 15.6. The lowest BCUT2D eigenvalue weighted by Gasteiger charge is -2.39. The third kappa shape index (κ3) is 5.71. The van der Waals surface area contributed by atoms with Crippen LogP contribution in [0.1, 0.15) is 22.3 Å². The van der Waals surface area contributed by atoms with E-state index in [1.54, 1.807) is 0 Å². The van der Waals surface area contributed by atoms with Crippen LogP contribution in [-0.4, -0.2) is 19.5 Å². The highest BCUT2D eigenvalue weighted by Gasteiger charge is 2.50. The molecule has 68 heavy (non-hydrogen) atoms. The van der Waals surface area contributed by atoms with E-state index in [0.717, 1.165) is 38.9 Å². The zero-order chi connectivity index (χ0) is 44.8. The van der Waals surface area contributed by atoms with Gasteiger partial charge in [-0.2, -0.15) is 0 Å². The Morgan fingerprint density at radius 3 is 1.34 bits per heavy atom. The van der Waals surface area contributed by atoms with Crippen molar-refractivity contribution in [3.05, 3.63) is 265 Å². The molecule has 0 radical (unpaired) electrons. The molecule has 0 saturated heterocycles. The molecule has 316 valence electrons. The maximum absolute atomic E-state index is 5.21. The lowest BCUT2D eigenvalue weighted by Crippen LogP contribution is -2.33. The third-order valence-electron chi connectivity index (χ3n) is 14.3. The van der Waals surface area contributed by atoms with Crippen molar-refractivity contribution in [3.63, 3.8) is 0 Å². The first kappa shape index (κ1) is 38.3. The van der Waals surface area contributed by atoms with Gasteiger partial charge >= 0.3 is 0 Å². The van der Waals surface area contributed by atoms with Crippen molar-refractivity contribution < 1.29 is 0 Å². The van der Waals surface area contributed by atoms with E-state index in [4.69, 9.17) is 15.0 Å². The summed E-state index contributed by atoms with van der Waals surface area (Å²) in [6.07, 6.45) is 0. The van der Waals surface area contributed by atoms with Crippen molar-refractivity contribution in [2.45, 2.75) is 5.41 Å². The van der Waals surface area contributed by atoms with Gasteiger partial charge in [-0.1, -0.05) is 224 Å². The predicted molar refractivity (Wildman–Crippen MR) is 278 cm³/mol. The molecule has 2 aliphatic rings. The van der Waals surface area contributed by atoms with Crippen LogP contribution in [0.25, 0.3) is 106 Å². The number of hydrogen-bond acceptors (Lipinski definition) is 3. The number of benzene rings is 10. The van der Waals surface area contributed by atoms with Crippen LogP contribution in [0.2, 0.25) is 0 Å². The normalized spacial score (nSPS) is 12.8. The Morgan fingerprint density at radius 1 is 0.279 bits per heavy atom. The van der Waals surface area contributed by atoms with Gasteiger partial charge in [-0.05, 0) is 85.0 Å². The minimum atomic E-state index is -0.497. The Kier molecular flexibility index (Phi) is 8.46. The van der Waals surface area contributed by atoms with Gasteiger partial charge in [-0.3, -0.25) is 0 Å². The summed E-state index contributed by atoms with van der Waals surface area (Å²) < 4.78 is 2.52. The maximum Gasteiger partial charge on any atom is 0.164 e. The summed E-state index contributed by atoms with van der Waals surface area (Å²) in [5, 5.41) is 2.52. The molecule has 0 bridgehead atoms. The molecule has 0 N–H and O–H groups in total. The number of para-hydroxylation sites is 2. The lowest BCUT2D eigenvalue weighted by atomic mass is 9.65. The highest BCUT2D eigenvalue weighted by atomic mass is 15.0. The van der Waals surface area contributed by atoms with Crippen molar-refractivity contribution in [3.8, 4) is 84.4 Å². The van der Waals surface area contributed by atoms with Crippen LogP contribution in [0.5, 0.6) is 0 Å². The van der Waals surface area contributed by atoms with Crippen molar-refractivity contribution >= 4 is 21.8 Å². The average Bonchev–Trinajstić information content (AvgIpc) is 3.92. The first-order valence-corrected chi connectivity index (χ1v) is 23.3. The topological polar surface area (TPSA) is 43.6 Å². The zero-order valence-corrected chi connectivity index (χ0v) is 36.9. The van der Waals surface area contributed by atoms with Crippen LogP contribution in [0.3, 0.4) is 0 Å². The molecule has 12 aromatic rings. The first-order chi connectivity index (χ1) is 33.7. The fourth-order valence-electron chi connectivity index (χ4n) is 11.2. The van der Waals surface area contributed by atoms with Gasteiger partial charge < -0.3 is 4.57 Å². The molecule has 10 aromatic carbocycles. The molecule has 0 saturated carbocycles. The van der Waals surface area contributed by atoms with Gasteiger partial charge in [-0.25, -0.2) is 15.0 Å². The van der Waals surface area contributed by atoms with E-state index in [1.807, 2.05) is 12.1 Å². The molecule has 1 aliphatic heterocycles. The van der Waals surface area contributed by atoms with Gasteiger partial charge in [0.2, 0.25) is 0 Å². The fourth-order valence-corrected chi connectivity index (χ4v) is 11.2. The van der Waals surface area contributed by atoms with Crippen LogP contribution >= 0.6 is 0 Å². The van der Waals surface area contributed by atoms with E-state index in [2.05, 4.69) is 235 Å². The Balaban J connectivity index is 0.938. The molecule has 2 aromatic heterocycles. The largest absolute Gasteiger partial charge is 0.309 e. The molecule has 0 atom stereocenters. The van der Waals surface area contributed by atoms with E-state index >= 15 is 0 Å². The molecule has 1 spiro atoms. The maximum atomic E-state index is 5.21. The summed E-state index contributed by atoms with van der Waals surface area (Å²) in [7, 11) is 0. The van der Waals surface area contributed by atoms with Crippen LogP contribution in [0, 0.1) is 0 Å². The van der Waals surface area contributed by atoms with Crippen LogP contribution in [-0.2, 0) is 5.41 Å². The van der Waals surface area contributed by atoms with E-state index < -0.39 is 5.41 Å². The van der Waals surface area contributed by atoms with Gasteiger partial charge in [0.15, 0.2) is 17.5 Å². The minimum absolute atomic E-state index is 0.497. The Labute approximate surface area is 394 Å². The summed E-state index contributed by atoms with van der Waals surface area (Å²) in [4.78, 5) is 15.6. The van der Waals surface area contributed by atoms with E-state index in [1.165, 1.54) is 72.0 Å². The van der Waals surface area contributed by atoms with Crippen molar-refractivity contribution in [1.29, 1.82) is 0 Å². The highest BCUT2D eigenvalue weighted by Crippen LogP contribution is 2.61. The second-order valence-corrected chi connectivity index (χ2v) is 17.9. The quantitative estimate of drug-likeness (QED) is 0.167. The minimum Gasteiger partial charge on any atom is -0.309 e. The molecule has 0 amide bonds. The number of hydrogen-bond donors (Lipinski definition) is 0. The van der Waals surface area contributed by atoms with Crippen LogP contribution in [0.15, 0.2) is 243 Å². The highest BCUT2D eigenvalue weighted by molar-refractivity contribution is 6.13. The monoisotopic (exact) mass is 864 g/mol. The standard InChI is InChI=1S/C64H40N4/c1-3-15-41(16-4-1)43-29-33-45(34-30-43)61-65-62(46-35-31-44(32-36-46)42-17-5-2-6-18-42)67-63(66-61)49-20-13-19-47(39-49)48-37-38-56-59(40-48)68-58-28-12-9-23-52(58)53-24-14-27-57(60(53)68)64(56)54-25-10-7-21-50(54)51-22-8-11-26-55(51)64/h1-40H. The Morgan fingerprint density at radius 2 is 0.706 bits per heavy atom. The Hall–Kier alpha value is -8.99. The molecule has 14 rings (SSSR count). The SMILES string of the molecule is c1ccc(-c2ccc(-c3nc(-c4ccc(-c5ccccc5)cc4)nc(-c4cccc(-c5ccc6c(c5)-n5c7ccccc7c7cccc(c75)C65c6ccccc6-c6ccccc65)c4)n3)cc2)cc1. The summed E-state index contributed by atoms with van der Waals surface area (Å²) in [5.41, 5.74) is 20.6. The first-order valence-electron chi connectivity index (χ1n) is 23.3. The second kappa shape index (κ2) is 15.0. The van der Waals surface area contributed by atoms with Gasteiger partial charge in [0.25, 0.3) is 0 Å². The summed E-state index contributed by atoms with van der Waals surface area (Å²) in [5.74, 6) is 1.87. The summed E-state index contributed by atoms with van der Waals surface area (Å²) in [6, 6.07) is 87.5. The third-order valence-corrected chi connectivity index (χ3v) is 14.3. The molecule has 4 heteroatoms. The number of nitrogens with zero attached hydrogens (tertiary/aromatic N) is 4. The van der Waals surface area contributed by atoms with Gasteiger partial charge in [-0.15, -0.1) is 0 Å². The Bertz CT molecular complexity index is 3800. The number of fused-ring (bicyclic) bond motifs is 12. The van der Waals surface area contributed by atoms with E-state index in [0.29, 0.717) is 17.5 Å². The zero-order valence-electron chi connectivity index (χ0n) is 36.9. The lowest BCUT2D eigenvalue weighted by molar-refractivity contribution is 0.748. The molecular formula is C64H40N4. The number of rotatable bonds is 6. The fraction of sp³-hybridized carbons (Fsp3) is 0.0156. The smallest absolute Gasteiger partial charge is 0.164 e. The van der Waals surface area contributed by atoms with Gasteiger partial charge in [0.05, 0.1) is 22.1 Å². The average molecular weight is 865 g/mol. The van der Waals surface area contributed by atoms with Crippen molar-refractivity contribution in [2.24, 2.45) is 0 Å². The van der Waals surface area contributed by atoms with Gasteiger partial charge in [0.1, 0.15) is 0 Å². The van der Waals surface area contributed by atoms with Gasteiger partial charge in [0, 0.05) is 27.5 Å².